The predicted octanol–water partition coefficient (Wildman–Crippen LogP) is 3.19. The van der Waals surface area contributed by atoms with Gasteiger partial charge in [-0.05, 0) is 24.4 Å². The molecule has 0 aliphatic carbocycles. The largest absolute Gasteiger partial charge is 0.496 e. The third-order valence-electron chi connectivity index (χ3n) is 2.95. The molecule has 0 fully saturated rings. The minimum Gasteiger partial charge on any atom is -0.496 e. The SMILES string of the molecule is COc1ccccc1C(C)NCc1sccc1N. The molecule has 1 unspecified atom stereocenters. The maximum Gasteiger partial charge on any atom is 0.123 e. The Bertz CT molecular complexity index is 510. The number of benzene rings is 1. The average Bonchev–Trinajstić information content (AvgIpc) is 2.81. The topological polar surface area (TPSA) is 47.3 Å². The van der Waals surface area contributed by atoms with Gasteiger partial charge < -0.3 is 15.8 Å². The van der Waals surface area contributed by atoms with Gasteiger partial charge in [0.25, 0.3) is 0 Å². The number of nitrogens with one attached hydrogen (secondary N) is 1. The third-order valence-corrected chi connectivity index (χ3v) is 3.89. The third kappa shape index (κ3) is 2.83. The first kappa shape index (κ1) is 12.9. The van der Waals surface area contributed by atoms with Gasteiger partial charge in [0.05, 0.1) is 7.11 Å². The van der Waals surface area contributed by atoms with Gasteiger partial charge in [0, 0.05) is 28.7 Å². The molecule has 0 bridgehead atoms. The van der Waals surface area contributed by atoms with Crippen LogP contribution in [0.2, 0.25) is 0 Å². The number of nitrogens with two attached hydrogens (primary N) is 1. The molecule has 1 aromatic heterocycles. The summed E-state index contributed by atoms with van der Waals surface area (Å²) in [4.78, 5) is 1.18. The zero-order valence-electron chi connectivity index (χ0n) is 10.6. The molecule has 1 aromatic carbocycles. The molecule has 2 aromatic rings. The van der Waals surface area contributed by atoms with E-state index in [1.807, 2.05) is 29.6 Å². The number of anilines is 1. The Labute approximate surface area is 112 Å². The van der Waals surface area contributed by atoms with Gasteiger partial charge in [-0.2, -0.15) is 0 Å². The van der Waals surface area contributed by atoms with Gasteiger partial charge in [-0.15, -0.1) is 11.3 Å². The van der Waals surface area contributed by atoms with E-state index in [4.69, 9.17) is 10.5 Å². The van der Waals surface area contributed by atoms with Crippen molar-refractivity contribution in [3.8, 4) is 5.75 Å². The zero-order chi connectivity index (χ0) is 13.0. The summed E-state index contributed by atoms with van der Waals surface area (Å²) >= 11 is 1.68. The van der Waals surface area contributed by atoms with Gasteiger partial charge in [0.2, 0.25) is 0 Å². The van der Waals surface area contributed by atoms with E-state index in [-0.39, 0.29) is 6.04 Å². The quantitative estimate of drug-likeness (QED) is 0.870. The second-order valence-electron chi connectivity index (χ2n) is 4.14. The molecular weight excluding hydrogens is 244 g/mol. The van der Waals surface area contributed by atoms with Gasteiger partial charge in [-0.3, -0.25) is 0 Å². The summed E-state index contributed by atoms with van der Waals surface area (Å²) in [5, 5.41) is 5.48. The monoisotopic (exact) mass is 262 g/mol. The van der Waals surface area contributed by atoms with E-state index in [0.29, 0.717) is 0 Å². The second-order valence-corrected chi connectivity index (χ2v) is 5.14. The highest BCUT2D eigenvalue weighted by Gasteiger charge is 2.11. The summed E-state index contributed by atoms with van der Waals surface area (Å²) in [6, 6.07) is 10.2. The van der Waals surface area contributed by atoms with E-state index >= 15 is 0 Å². The minimum absolute atomic E-state index is 0.225. The van der Waals surface area contributed by atoms with Gasteiger partial charge in [-0.1, -0.05) is 18.2 Å². The number of nitrogen functional groups attached to an aromatic ring is 1. The van der Waals surface area contributed by atoms with Gasteiger partial charge >= 0.3 is 0 Å². The average molecular weight is 262 g/mol. The van der Waals surface area contributed by atoms with Crippen molar-refractivity contribution in [2.75, 3.05) is 12.8 Å². The lowest BCUT2D eigenvalue weighted by atomic mass is 10.1. The van der Waals surface area contributed by atoms with Crippen LogP contribution in [0.3, 0.4) is 0 Å². The van der Waals surface area contributed by atoms with E-state index in [2.05, 4.69) is 18.3 Å². The molecule has 3 nitrogen and oxygen atoms in total. The number of methoxy groups -OCH3 is 1. The fourth-order valence-corrected chi connectivity index (χ4v) is 2.62. The van der Waals surface area contributed by atoms with Crippen molar-refractivity contribution in [1.82, 2.24) is 5.32 Å². The van der Waals surface area contributed by atoms with Gasteiger partial charge in [0.1, 0.15) is 5.75 Å². The Hall–Kier alpha value is -1.52. The fourth-order valence-electron chi connectivity index (χ4n) is 1.87. The van der Waals surface area contributed by atoms with E-state index < -0.39 is 0 Å². The Morgan fingerprint density at radius 1 is 1.33 bits per heavy atom. The lowest BCUT2D eigenvalue weighted by molar-refractivity contribution is 0.401. The van der Waals surface area contributed by atoms with Crippen LogP contribution in [-0.4, -0.2) is 7.11 Å². The number of rotatable bonds is 5. The van der Waals surface area contributed by atoms with E-state index in [0.717, 1.165) is 23.5 Å². The molecule has 0 radical (unpaired) electrons. The predicted molar refractivity (Wildman–Crippen MR) is 77.0 cm³/mol. The molecule has 1 atom stereocenters. The van der Waals surface area contributed by atoms with Crippen LogP contribution < -0.4 is 15.8 Å². The molecule has 0 aliphatic rings. The molecule has 4 heteroatoms. The summed E-state index contributed by atoms with van der Waals surface area (Å²) in [7, 11) is 1.70. The lowest BCUT2D eigenvalue weighted by Crippen LogP contribution is -2.18. The van der Waals surface area contributed by atoms with Crippen LogP contribution in [0.1, 0.15) is 23.4 Å². The maximum atomic E-state index is 5.87. The van der Waals surface area contributed by atoms with Crippen molar-refractivity contribution in [3.05, 3.63) is 46.2 Å². The Morgan fingerprint density at radius 3 is 2.78 bits per heavy atom. The summed E-state index contributed by atoms with van der Waals surface area (Å²) in [6.45, 7) is 2.91. The van der Waals surface area contributed by atoms with Crippen LogP contribution in [0.4, 0.5) is 5.69 Å². The number of hydrogen-bond donors (Lipinski definition) is 2. The van der Waals surface area contributed by atoms with Crippen LogP contribution in [-0.2, 0) is 6.54 Å². The molecule has 1 heterocycles. The number of para-hydroxylation sites is 1. The Balaban J connectivity index is 2.03. The molecule has 18 heavy (non-hydrogen) atoms. The van der Waals surface area contributed by atoms with Crippen LogP contribution in [0.5, 0.6) is 5.75 Å². The summed E-state index contributed by atoms with van der Waals surface area (Å²) in [5.41, 5.74) is 7.89. The summed E-state index contributed by atoms with van der Waals surface area (Å²) in [5.74, 6) is 0.914. The van der Waals surface area contributed by atoms with Crippen LogP contribution in [0, 0.1) is 0 Å². The lowest BCUT2D eigenvalue weighted by Gasteiger charge is -2.17. The number of hydrogen-bond acceptors (Lipinski definition) is 4. The second kappa shape index (κ2) is 5.89. The van der Waals surface area contributed by atoms with Crippen LogP contribution in [0.25, 0.3) is 0 Å². The molecule has 0 aliphatic heterocycles. The first-order valence-corrected chi connectivity index (χ1v) is 6.78. The molecule has 0 saturated carbocycles. The fraction of sp³-hybridized carbons (Fsp3) is 0.286. The van der Waals surface area contributed by atoms with Crippen molar-refractivity contribution >= 4 is 17.0 Å². The molecule has 0 amide bonds. The van der Waals surface area contributed by atoms with Crippen molar-refractivity contribution in [2.24, 2.45) is 0 Å². The molecule has 3 N–H and O–H groups in total. The molecular formula is C14H18N2OS. The Kier molecular flexibility index (Phi) is 4.23. The zero-order valence-corrected chi connectivity index (χ0v) is 11.5. The number of ether oxygens (including phenoxy) is 1. The highest BCUT2D eigenvalue weighted by molar-refractivity contribution is 7.10. The summed E-state index contributed by atoms with van der Waals surface area (Å²) < 4.78 is 5.37. The van der Waals surface area contributed by atoms with E-state index in [1.165, 1.54) is 4.88 Å². The molecule has 0 spiro atoms. The van der Waals surface area contributed by atoms with Gasteiger partial charge in [0.15, 0.2) is 0 Å². The smallest absolute Gasteiger partial charge is 0.123 e. The van der Waals surface area contributed by atoms with Crippen molar-refractivity contribution < 1.29 is 4.74 Å². The first-order valence-electron chi connectivity index (χ1n) is 5.90. The highest BCUT2D eigenvalue weighted by atomic mass is 32.1. The van der Waals surface area contributed by atoms with Crippen LogP contribution in [0.15, 0.2) is 35.7 Å². The van der Waals surface area contributed by atoms with Gasteiger partial charge in [-0.25, -0.2) is 0 Å². The van der Waals surface area contributed by atoms with Crippen molar-refractivity contribution in [1.29, 1.82) is 0 Å². The molecule has 2 rings (SSSR count). The maximum absolute atomic E-state index is 5.87. The molecule has 96 valence electrons. The van der Waals surface area contributed by atoms with Crippen molar-refractivity contribution in [3.63, 3.8) is 0 Å². The standard InChI is InChI=1S/C14H18N2OS/c1-10(11-5-3-4-6-13(11)17-2)16-9-14-12(15)7-8-18-14/h3-8,10,16H,9,15H2,1-2H3. The summed E-state index contributed by atoms with van der Waals surface area (Å²) in [6.07, 6.45) is 0. The first-order chi connectivity index (χ1) is 8.72. The highest BCUT2D eigenvalue weighted by Crippen LogP contribution is 2.25. The minimum atomic E-state index is 0.225. The molecule has 0 saturated heterocycles. The van der Waals surface area contributed by atoms with E-state index in [9.17, 15) is 0 Å². The van der Waals surface area contributed by atoms with Crippen molar-refractivity contribution in [2.45, 2.75) is 19.5 Å². The Morgan fingerprint density at radius 2 is 2.11 bits per heavy atom. The normalized spacial score (nSPS) is 12.3. The number of thiophene rings is 1. The van der Waals surface area contributed by atoms with Crippen LogP contribution >= 0.6 is 11.3 Å². The van der Waals surface area contributed by atoms with E-state index in [1.54, 1.807) is 18.4 Å².